The van der Waals surface area contributed by atoms with Gasteiger partial charge in [-0.25, -0.2) is 0 Å². The minimum Gasteiger partial charge on any atom is -0.322 e. The third-order valence-electron chi connectivity index (χ3n) is 3.85. The summed E-state index contributed by atoms with van der Waals surface area (Å²) in [5.74, 6) is -0.222. The summed E-state index contributed by atoms with van der Waals surface area (Å²) in [4.78, 5) is 14.3. The monoisotopic (exact) mass is 369 g/mol. The number of carbonyl (C=O) groups is 1. The molecule has 3 aromatic rings. The van der Waals surface area contributed by atoms with Crippen LogP contribution in [0.2, 0.25) is 0 Å². The molecule has 130 valence electrons. The maximum absolute atomic E-state index is 12.7. The van der Waals surface area contributed by atoms with Crippen LogP contribution in [0.25, 0.3) is 0 Å². The van der Waals surface area contributed by atoms with Crippen molar-refractivity contribution < 1.29 is 4.79 Å². The van der Waals surface area contributed by atoms with Gasteiger partial charge in [-0.15, -0.1) is 0 Å². The number of hydrogen-bond acceptors (Lipinski definition) is 4. The molecule has 27 heavy (non-hydrogen) atoms. The van der Waals surface area contributed by atoms with E-state index in [4.69, 9.17) is 5.26 Å². The molecule has 5 heteroatoms. The average molecular weight is 369 g/mol. The second-order valence-electron chi connectivity index (χ2n) is 5.69. The Morgan fingerprint density at radius 3 is 2.26 bits per heavy atom. The maximum atomic E-state index is 12.7. The van der Waals surface area contributed by atoms with E-state index < -0.39 is 0 Å². The van der Waals surface area contributed by atoms with E-state index in [9.17, 15) is 10.1 Å². The predicted octanol–water partition coefficient (Wildman–Crippen LogP) is 5.03. The highest BCUT2D eigenvalue weighted by Crippen LogP contribution is 2.32. The van der Waals surface area contributed by atoms with Gasteiger partial charge in [-0.1, -0.05) is 48.2 Å². The summed E-state index contributed by atoms with van der Waals surface area (Å²) >= 11 is 1.39. The van der Waals surface area contributed by atoms with E-state index in [1.165, 1.54) is 11.8 Å². The third kappa shape index (κ3) is 4.55. The molecule has 3 aromatic carbocycles. The number of amides is 1. The Labute approximate surface area is 162 Å². The number of nitrogens with zero attached hydrogens (tertiary/aromatic N) is 2. The van der Waals surface area contributed by atoms with Gasteiger partial charge in [0.25, 0.3) is 5.91 Å². The van der Waals surface area contributed by atoms with Crippen molar-refractivity contribution in [1.82, 2.24) is 0 Å². The van der Waals surface area contributed by atoms with Crippen LogP contribution in [0.15, 0.2) is 82.6 Å². The highest BCUT2D eigenvalue weighted by molar-refractivity contribution is 7.99. The quantitative estimate of drug-likeness (QED) is 0.684. The summed E-state index contributed by atoms with van der Waals surface area (Å²) in [6, 6.07) is 26.1. The fourth-order valence-corrected chi connectivity index (χ4v) is 3.53. The molecule has 0 heterocycles. The Morgan fingerprint density at radius 1 is 0.889 bits per heavy atom. The van der Waals surface area contributed by atoms with E-state index in [1.54, 1.807) is 24.3 Å². The van der Waals surface area contributed by atoms with Gasteiger partial charge in [0.1, 0.15) is 6.07 Å². The largest absolute Gasteiger partial charge is 0.322 e. The van der Waals surface area contributed by atoms with E-state index >= 15 is 0 Å². The van der Waals surface area contributed by atoms with E-state index in [0.717, 1.165) is 15.4 Å². The second-order valence-corrected chi connectivity index (χ2v) is 6.78. The van der Waals surface area contributed by atoms with Crippen LogP contribution in [0, 0.1) is 22.7 Å². The number of nitriles is 2. The van der Waals surface area contributed by atoms with Gasteiger partial charge in [0, 0.05) is 15.5 Å². The zero-order valence-electron chi connectivity index (χ0n) is 14.3. The first kappa shape index (κ1) is 18.3. The highest BCUT2D eigenvalue weighted by atomic mass is 32.2. The Kier molecular flexibility index (Phi) is 5.89. The smallest absolute Gasteiger partial charge is 0.256 e. The molecule has 0 saturated heterocycles. The van der Waals surface area contributed by atoms with Gasteiger partial charge < -0.3 is 5.32 Å². The fourth-order valence-electron chi connectivity index (χ4n) is 2.51. The van der Waals surface area contributed by atoms with Gasteiger partial charge in [-0.3, -0.25) is 4.79 Å². The molecule has 3 rings (SSSR count). The van der Waals surface area contributed by atoms with E-state index in [-0.39, 0.29) is 5.91 Å². The minimum atomic E-state index is -0.222. The highest BCUT2D eigenvalue weighted by Gasteiger charge is 2.13. The Balaban J connectivity index is 1.82. The SMILES string of the molecule is N#CCc1ccc(NC(=O)c2ccccc2Sc2ccccc2C#N)cc1. The average Bonchev–Trinajstić information content (AvgIpc) is 2.70. The van der Waals surface area contributed by atoms with Crippen molar-refractivity contribution in [3.05, 3.63) is 89.5 Å². The molecule has 1 N–H and O–H groups in total. The number of benzene rings is 3. The van der Waals surface area contributed by atoms with Gasteiger partial charge in [-0.05, 0) is 42.0 Å². The normalized spacial score (nSPS) is 9.85. The molecule has 0 atom stereocenters. The standard InChI is InChI=1S/C22H15N3OS/c23-14-13-16-9-11-18(12-10-16)25-22(26)19-6-2-4-8-21(19)27-20-7-3-1-5-17(20)15-24/h1-12H,13H2,(H,25,26). The fraction of sp³-hybridized carbons (Fsp3) is 0.0455. The topological polar surface area (TPSA) is 76.7 Å². The van der Waals surface area contributed by atoms with Gasteiger partial charge >= 0.3 is 0 Å². The summed E-state index contributed by atoms with van der Waals surface area (Å²) in [5, 5.41) is 20.9. The van der Waals surface area contributed by atoms with Gasteiger partial charge in [0.15, 0.2) is 0 Å². The van der Waals surface area contributed by atoms with Gasteiger partial charge in [0.05, 0.1) is 23.6 Å². The molecule has 0 aromatic heterocycles. The molecular weight excluding hydrogens is 354 g/mol. The maximum Gasteiger partial charge on any atom is 0.256 e. The van der Waals surface area contributed by atoms with Crippen molar-refractivity contribution in [2.24, 2.45) is 0 Å². The van der Waals surface area contributed by atoms with Crippen LogP contribution in [0.4, 0.5) is 5.69 Å². The number of anilines is 1. The van der Waals surface area contributed by atoms with E-state index in [1.807, 2.05) is 48.5 Å². The molecule has 0 bridgehead atoms. The minimum absolute atomic E-state index is 0.222. The summed E-state index contributed by atoms with van der Waals surface area (Å²) in [7, 11) is 0. The van der Waals surface area contributed by atoms with Crippen LogP contribution in [0.3, 0.4) is 0 Å². The molecular formula is C22H15N3OS. The Hall–Kier alpha value is -3.54. The molecule has 0 aliphatic rings. The summed E-state index contributed by atoms with van der Waals surface area (Å²) in [6.45, 7) is 0. The first-order valence-corrected chi connectivity index (χ1v) is 9.06. The molecule has 0 spiro atoms. The van der Waals surface area contributed by atoms with Crippen LogP contribution >= 0.6 is 11.8 Å². The third-order valence-corrected chi connectivity index (χ3v) is 5.01. The van der Waals surface area contributed by atoms with Gasteiger partial charge in [-0.2, -0.15) is 10.5 Å². The van der Waals surface area contributed by atoms with E-state index in [0.29, 0.717) is 23.2 Å². The Morgan fingerprint density at radius 2 is 1.56 bits per heavy atom. The number of nitrogens with one attached hydrogen (secondary N) is 1. The number of carbonyl (C=O) groups excluding carboxylic acids is 1. The molecule has 0 fully saturated rings. The van der Waals surface area contributed by atoms with Crippen molar-refractivity contribution in [3.8, 4) is 12.1 Å². The van der Waals surface area contributed by atoms with Crippen molar-refractivity contribution in [3.63, 3.8) is 0 Å². The van der Waals surface area contributed by atoms with Crippen LogP contribution in [-0.2, 0) is 6.42 Å². The second kappa shape index (κ2) is 8.71. The first-order chi connectivity index (χ1) is 13.2. The molecule has 0 saturated carbocycles. The molecule has 4 nitrogen and oxygen atoms in total. The Bertz CT molecular complexity index is 1050. The zero-order chi connectivity index (χ0) is 19.1. The van der Waals surface area contributed by atoms with Crippen molar-refractivity contribution in [1.29, 1.82) is 10.5 Å². The molecule has 0 radical (unpaired) electrons. The van der Waals surface area contributed by atoms with Crippen molar-refractivity contribution >= 4 is 23.4 Å². The van der Waals surface area contributed by atoms with Crippen LogP contribution in [0.5, 0.6) is 0 Å². The first-order valence-electron chi connectivity index (χ1n) is 8.24. The molecule has 1 amide bonds. The lowest BCUT2D eigenvalue weighted by molar-refractivity contribution is 0.102. The van der Waals surface area contributed by atoms with Crippen LogP contribution < -0.4 is 5.32 Å². The molecule has 0 aliphatic carbocycles. The number of rotatable bonds is 5. The summed E-state index contributed by atoms with van der Waals surface area (Å²) < 4.78 is 0. The van der Waals surface area contributed by atoms with Crippen LogP contribution in [-0.4, -0.2) is 5.91 Å². The van der Waals surface area contributed by atoms with Crippen LogP contribution in [0.1, 0.15) is 21.5 Å². The zero-order valence-corrected chi connectivity index (χ0v) is 15.2. The van der Waals surface area contributed by atoms with Crippen molar-refractivity contribution in [2.45, 2.75) is 16.2 Å². The molecule has 0 unspecified atom stereocenters. The predicted molar refractivity (Wildman–Crippen MR) is 105 cm³/mol. The lowest BCUT2D eigenvalue weighted by atomic mass is 10.1. The van der Waals surface area contributed by atoms with Gasteiger partial charge in [0.2, 0.25) is 0 Å². The lowest BCUT2D eigenvalue weighted by Crippen LogP contribution is -2.13. The van der Waals surface area contributed by atoms with E-state index in [2.05, 4.69) is 17.5 Å². The summed E-state index contributed by atoms with van der Waals surface area (Å²) in [6.07, 6.45) is 0.339. The van der Waals surface area contributed by atoms with Crippen molar-refractivity contribution in [2.75, 3.05) is 5.32 Å². The number of hydrogen-bond donors (Lipinski definition) is 1. The summed E-state index contributed by atoms with van der Waals surface area (Å²) in [5.41, 5.74) is 2.68. The lowest BCUT2D eigenvalue weighted by Gasteiger charge is -2.11. The molecule has 0 aliphatic heterocycles.